The largest absolute Gasteiger partial charge is 0.382 e. The van der Waals surface area contributed by atoms with E-state index in [1.54, 1.807) is 0 Å². The van der Waals surface area contributed by atoms with Crippen molar-refractivity contribution in [2.45, 2.75) is 13.3 Å². The molecule has 0 saturated carbocycles. The Morgan fingerprint density at radius 3 is 2.05 bits per heavy atom. The number of benzene rings is 1. The van der Waals surface area contributed by atoms with Crippen LogP contribution in [-0.4, -0.2) is 24.9 Å². The summed E-state index contributed by atoms with van der Waals surface area (Å²) in [6, 6.07) is 0. The van der Waals surface area contributed by atoms with Gasteiger partial charge in [0.25, 0.3) is 0 Å². The van der Waals surface area contributed by atoms with E-state index in [-0.39, 0.29) is 5.11 Å². The van der Waals surface area contributed by atoms with E-state index < -0.39 is 34.8 Å². The van der Waals surface area contributed by atoms with E-state index in [1.807, 2.05) is 12.2 Å². The molecule has 0 aliphatic carbocycles. The molecule has 1 aromatic carbocycles. The number of hydrogen-bond donors (Lipinski definition) is 2. The quantitative estimate of drug-likeness (QED) is 0.276. The third-order valence-corrected chi connectivity index (χ3v) is 2.65. The van der Waals surface area contributed by atoms with Crippen molar-refractivity contribution in [3.8, 4) is 0 Å². The van der Waals surface area contributed by atoms with Gasteiger partial charge < -0.3 is 15.4 Å². The first-order valence-electron chi connectivity index (χ1n) is 6.04. The van der Waals surface area contributed by atoms with E-state index in [2.05, 4.69) is 5.32 Å². The SMILES string of the molecule is CCOCCCNC(=S)Nc1c(F)c(F)c(F)c(F)c1F. The molecule has 21 heavy (non-hydrogen) atoms. The highest BCUT2D eigenvalue weighted by molar-refractivity contribution is 7.80. The number of thiocarbonyl (C=S) groups is 1. The average molecular weight is 328 g/mol. The number of ether oxygens (including phenoxy) is 1. The smallest absolute Gasteiger partial charge is 0.200 e. The molecule has 3 nitrogen and oxygen atoms in total. The molecule has 0 spiro atoms. The Kier molecular flexibility index (Phi) is 6.76. The molecule has 2 N–H and O–H groups in total. The van der Waals surface area contributed by atoms with Crippen LogP contribution in [0.5, 0.6) is 0 Å². The van der Waals surface area contributed by atoms with E-state index in [4.69, 9.17) is 17.0 Å². The first-order valence-corrected chi connectivity index (χ1v) is 6.45. The number of halogens is 5. The van der Waals surface area contributed by atoms with E-state index in [0.29, 0.717) is 26.2 Å². The van der Waals surface area contributed by atoms with Gasteiger partial charge in [0.05, 0.1) is 0 Å². The molecule has 0 aliphatic heterocycles. The van der Waals surface area contributed by atoms with Crippen LogP contribution in [0.4, 0.5) is 27.6 Å². The van der Waals surface area contributed by atoms with Gasteiger partial charge in [0.1, 0.15) is 5.69 Å². The van der Waals surface area contributed by atoms with Gasteiger partial charge >= 0.3 is 0 Å². The van der Waals surface area contributed by atoms with E-state index in [1.165, 1.54) is 0 Å². The minimum atomic E-state index is -2.22. The summed E-state index contributed by atoms with van der Waals surface area (Å²) in [5.41, 5.74) is -1.19. The van der Waals surface area contributed by atoms with Gasteiger partial charge in [-0.15, -0.1) is 0 Å². The standard InChI is InChI=1S/C12H13F5N2OS/c1-2-20-5-3-4-18-12(21)19-11-9(16)7(14)6(13)8(15)10(11)17/h2-5H2,1H3,(H2,18,19,21). The lowest BCUT2D eigenvalue weighted by atomic mass is 10.2. The molecule has 0 atom stereocenters. The highest BCUT2D eigenvalue weighted by Crippen LogP contribution is 2.26. The minimum absolute atomic E-state index is 0.255. The molecule has 0 aliphatic rings. The number of hydrogen-bond acceptors (Lipinski definition) is 2. The average Bonchev–Trinajstić information content (AvgIpc) is 2.47. The second-order valence-electron chi connectivity index (χ2n) is 3.88. The summed E-state index contributed by atoms with van der Waals surface area (Å²) in [5, 5.41) is 4.27. The Hall–Kier alpha value is -1.48. The molecule has 0 saturated heterocycles. The minimum Gasteiger partial charge on any atom is -0.382 e. The maximum atomic E-state index is 13.4. The van der Waals surface area contributed by atoms with Gasteiger partial charge in [-0.05, 0) is 25.6 Å². The van der Waals surface area contributed by atoms with Crippen LogP contribution in [0, 0.1) is 29.1 Å². The molecular formula is C12H13F5N2OS. The molecule has 0 heterocycles. The molecule has 1 rings (SSSR count). The normalized spacial score (nSPS) is 10.6. The second kappa shape index (κ2) is 8.08. The number of anilines is 1. The van der Waals surface area contributed by atoms with Gasteiger partial charge in [-0.3, -0.25) is 0 Å². The maximum Gasteiger partial charge on any atom is 0.200 e. The Morgan fingerprint density at radius 1 is 1.00 bits per heavy atom. The van der Waals surface area contributed by atoms with Crippen molar-refractivity contribution in [1.82, 2.24) is 5.32 Å². The molecule has 0 unspecified atom stereocenters. The lowest BCUT2D eigenvalue weighted by molar-refractivity contribution is 0.146. The zero-order valence-corrected chi connectivity index (χ0v) is 11.9. The van der Waals surface area contributed by atoms with Crippen molar-refractivity contribution in [3.05, 3.63) is 29.1 Å². The Bertz CT molecular complexity index is 498. The highest BCUT2D eigenvalue weighted by Gasteiger charge is 2.26. The summed E-state index contributed by atoms with van der Waals surface area (Å²) >= 11 is 4.72. The molecule has 0 fully saturated rings. The first kappa shape index (κ1) is 17.6. The van der Waals surface area contributed by atoms with Crippen LogP contribution in [0.15, 0.2) is 0 Å². The fourth-order valence-electron chi connectivity index (χ4n) is 1.39. The fraction of sp³-hybridized carbons (Fsp3) is 0.417. The second-order valence-corrected chi connectivity index (χ2v) is 4.28. The van der Waals surface area contributed by atoms with Gasteiger partial charge in [-0.25, -0.2) is 22.0 Å². The van der Waals surface area contributed by atoms with Crippen LogP contribution >= 0.6 is 12.2 Å². The van der Waals surface area contributed by atoms with Crippen LogP contribution in [0.25, 0.3) is 0 Å². The van der Waals surface area contributed by atoms with Gasteiger partial charge in [0.2, 0.25) is 5.82 Å². The van der Waals surface area contributed by atoms with Crippen molar-refractivity contribution in [2.24, 2.45) is 0 Å². The van der Waals surface area contributed by atoms with Crippen molar-refractivity contribution >= 4 is 23.0 Å². The predicted octanol–water partition coefficient (Wildman–Crippen LogP) is 3.10. The maximum absolute atomic E-state index is 13.4. The molecule has 118 valence electrons. The summed E-state index contributed by atoms with van der Waals surface area (Å²) in [5.74, 6) is -10.2. The van der Waals surface area contributed by atoms with Gasteiger partial charge in [-0.2, -0.15) is 0 Å². The molecule has 0 aromatic heterocycles. The van der Waals surface area contributed by atoms with Crippen LogP contribution in [0.1, 0.15) is 13.3 Å². The summed E-state index contributed by atoms with van der Waals surface area (Å²) in [4.78, 5) is 0. The number of rotatable bonds is 6. The summed E-state index contributed by atoms with van der Waals surface area (Å²) in [6.45, 7) is 3.14. The van der Waals surface area contributed by atoms with Crippen LogP contribution < -0.4 is 10.6 Å². The molecule has 0 bridgehead atoms. The monoisotopic (exact) mass is 328 g/mol. The lowest BCUT2D eigenvalue weighted by Gasteiger charge is -2.13. The summed E-state index contributed by atoms with van der Waals surface area (Å²) in [7, 11) is 0. The summed E-state index contributed by atoms with van der Waals surface area (Å²) < 4.78 is 70.5. The van der Waals surface area contributed by atoms with Gasteiger partial charge in [-0.1, -0.05) is 0 Å². The van der Waals surface area contributed by atoms with Crippen molar-refractivity contribution in [1.29, 1.82) is 0 Å². The third kappa shape index (κ3) is 4.50. The summed E-state index contributed by atoms with van der Waals surface area (Å²) in [6.07, 6.45) is 0.562. The van der Waals surface area contributed by atoms with E-state index >= 15 is 0 Å². The lowest BCUT2D eigenvalue weighted by Crippen LogP contribution is -2.31. The molecule has 0 amide bonds. The molecule has 1 aromatic rings. The number of nitrogens with one attached hydrogen (secondary N) is 2. The highest BCUT2D eigenvalue weighted by atomic mass is 32.1. The van der Waals surface area contributed by atoms with Gasteiger partial charge in [0.15, 0.2) is 28.4 Å². The zero-order chi connectivity index (χ0) is 16.0. The van der Waals surface area contributed by atoms with Crippen molar-refractivity contribution in [2.75, 3.05) is 25.1 Å². The fourth-order valence-corrected chi connectivity index (χ4v) is 1.60. The zero-order valence-electron chi connectivity index (χ0n) is 11.0. The Balaban J connectivity index is 2.69. The van der Waals surface area contributed by atoms with Crippen molar-refractivity contribution < 1.29 is 26.7 Å². The molecular weight excluding hydrogens is 315 g/mol. The Labute approximate surface area is 123 Å². The van der Waals surface area contributed by atoms with Crippen LogP contribution in [-0.2, 0) is 4.74 Å². The molecule has 9 heteroatoms. The third-order valence-electron chi connectivity index (χ3n) is 2.40. The first-order chi connectivity index (χ1) is 9.90. The molecule has 0 radical (unpaired) electrons. The van der Waals surface area contributed by atoms with Crippen LogP contribution in [0.2, 0.25) is 0 Å². The van der Waals surface area contributed by atoms with E-state index in [9.17, 15) is 22.0 Å². The van der Waals surface area contributed by atoms with Crippen molar-refractivity contribution in [3.63, 3.8) is 0 Å². The predicted molar refractivity (Wildman–Crippen MR) is 71.6 cm³/mol. The van der Waals surface area contributed by atoms with Gasteiger partial charge in [0, 0.05) is 19.8 Å². The Morgan fingerprint density at radius 2 is 1.52 bits per heavy atom. The topological polar surface area (TPSA) is 33.3 Å². The van der Waals surface area contributed by atoms with Crippen LogP contribution in [0.3, 0.4) is 0 Å². The van der Waals surface area contributed by atoms with E-state index in [0.717, 1.165) is 0 Å².